The van der Waals surface area contributed by atoms with E-state index in [2.05, 4.69) is 0 Å². The van der Waals surface area contributed by atoms with Crippen molar-refractivity contribution in [3.05, 3.63) is 28.2 Å². The Hall–Kier alpha value is -1.02. The Balaban J connectivity index is 1.85. The fraction of sp³-hybridized carbons (Fsp3) is 0.462. The molecular formula is C13H16Cl2N2O4S. The van der Waals surface area contributed by atoms with Gasteiger partial charge in [-0.3, -0.25) is 4.79 Å². The number of hydrogen-bond donors (Lipinski definition) is 0. The highest BCUT2D eigenvalue weighted by atomic mass is 35.5. The van der Waals surface area contributed by atoms with E-state index in [0.717, 1.165) is 6.26 Å². The molecule has 0 unspecified atom stereocenters. The van der Waals surface area contributed by atoms with Crippen molar-refractivity contribution in [2.24, 2.45) is 0 Å². The summed E-state index contributed by atoms with van der Waals surface area (Å²) in [6.07, 6.45) is 1.16. The molecule has 1 aliphatic rings. The lowest BCUT2D eigenvalue weighted by Crippen LogP contribution is -2.51. The molecule has 1 fully saturated rings. The summed E-state index contributed by atoms with van der Waals surface area (Å²) in [5.74, 6) is 0.261. The molecule has 0 spiro atoms. The summed E-state index contributed by atoms with van der Waals surface area (Å²) >= 11 is 11.7. The van der Waals surface area contributed by atoms with Gasteiger partial charge in [0.2, 0.25) is 10.0 Å². The van der Waals surface area contributed by atoms with Crippen LogP contribution in [0.25, 0.3) is 0 Å². The number of ether oxygens (including phenoxy) is 1. The van der Waals surface area contributed by atoms with Crippen molar-refractivity contribution in [1.82, 2.24) is 9.21 Å². The van der Waals surface area contributed by atoms with E-state index >= 15 is 0 Å². The molecule has 6 nitrogen and oxygen atoms in total. The van der Waals surface area contributed by atoms with E-state index in [-0.39, 0.29) is 12.5 Å². The summed E-state index contributed by atoms with van der Waals surface area (Å²) in [5.41, 5.74) is 0. The highest BCUT2D eigenvalue weighted by Crippen LogP contribution is 2.26. The zero-order valence-electron chi connectivity index (χ0n) is 12.0. The standard InChI is InChI=1S/C13H16Cl2N2O4S/c1-22(19,20)17-6-4-16(5-7-17)13(18)9-21-10-2-3-11(14)12(15)8-10/h2-3,8H,4-7,9H2,1H3. The molecule has 1 aliphatic heterocycles. The minimum Gasteiger partial charge on any atom is -0.484 e. The summed E-state index contributed by atoms with van der Waals surface area (Å²) in [6, 6.07) is 4.76. The summed E-state index contributed by atoms with van der Waals surface area (Å²) in [6.45, 7) is 1.19. The molecule has 0 saturated carbocycles. The number of carbonyl (C=O) groups is 1. The Labute approximate surface area is 139 Å². The molecule has 0 N–H and O–H groups in total. The summed E-state index contributed by atoms with van der Waals surface area (Å²) in [7, 11) is -3.20. The second-order valence-corrected chi connectivity index (χ2v) is 7.70. The molecule has 0 bridgehead atoms. The van der Waals surface area contributed by atoms with Gasteiger partial charge in [0.25, 0.3) is 5.91 Å². The molecule has 9 heteroatoms. The van der Waals surface area contributed by atoms with Gasteiger partial charge in [0.1, 0.15) is 5.75 Å². The first-order chi connectivity index (χ1) is 10.3. The summed E-state index contributed by atoms with van der Waals surface area (Å²) < 4.78 is 29.6. The Morgan fingerprint density at radius 2 is 1.82 bits per heavy atom. The van der Waals surface area contributed by atoms with Crippen LogP contribution in [0.5, 0.6) is 5.75 Å². The first-order valence-corrected chi connectivity index (χ1v) is 9.18. The quantitative estimate of drug-likeness (QED) is 0.809. The van der Waals surface area contributed by atoms with E-state index in [0.29, 0.717) is 42.0 Å². The predicted molar refractivity (Wildman–Crippen MR) is 85.0 cm³/mol. The number of halogens is 2. The van der Waals surface area contributed by atoms with Gasteiger partial charge < -0.3 is 9.64 Å². The lowest BCUT2D eigenvalue weighted by Gasteiger charge is -2.33. The van der Waals surface area contributed by atoms with Gasteiger partial charge in [-0.05, 0) is 12.1 Å². The molecule has 2 rings (SSSR count). The fourth-order valence-electron chi connectivity index (χ4n) is 2.07. The SMILES string of the molecule is CS(=O)(=O)N1CCN(C(=O)COc2ccc(Cl)c(Cl)c2)CC1. The van der Waals surface area contributed by atoms with Gasteiger partial charge in [0.05, 0.1) is 16.3 Å². The van der Waals surface area contributed by atoms with Gasteiger partial charge in [-0.25, -0.2) is 8.42 Å². The molecule has 0 aliphatic carbocycles. The van der Waals surface area contributed by atoms with Crippen molar-refractivity contribution in [3.8, 4) is 5.75 Å². The van der Waals surface area contributed by atoms with Crippen molar-refractivity contribution in [3.63, 3.8) is 0 Å². The van der Waals surface area contributed by atoms with Crippen molar-refractivity contribution >= 4 is 39.1 Å². The Morgan fingerprint density at radius 1 is 1.18 bits per heavy atom. The van der Waals surface area contributed by atoms with E-state index in [9.17, 15) is 13.2 Å². The molecule has 0 radical (unpaired) electrons. The van der Waals surface area contributed by atoms with Gasteiger partial charge in [-0.15, -0.1) is 0 Å². The number of nitrogens with zero attached hydrogens (tertiary/aromatic N) is 2. The smallest absolute Gasteiger partial charge is 0.260 e. The number of sulfonamides is 1. The lowest BCUT2D eigenvalue weighted by molar-refractivity contribution is -0.134. The molecular weight excluding hydrogens is 351 g/mol. The predicted octanol–water partition coefficient (Wildman–Crippen LogP) is 1.48. The molecule has 122 valence electrons. The molecule has 1 saturated heterocycles. The maximum Gasteiger partial charge on any atom is 0.260 e. The second kappa shape index (κ2) is 7.04. The summed E-state index contributed by atoms with van der Waals surface area (Å²) in [5, 5.41) is 0.769. The van der Waals surface area contributed by atoms with E-state index in [1.165, 1.54) is 4.31 Å². The van der Waals surface area contributed by atoms with Crippen LogP contribution in [0, 0.1) is 0 Å². The van der Waals surface area contributed by atoms with Crippen LogP contribution in [0.3, 0.4) is 0 Å². The van der Waals surface area contributed by atoms with E-state index in [1.54, 1.807) is 23.1 Å². The molecule has 0 aromatic heterocycles. The van der Waals surface area contributed by atoms with Gasteiger partial charge in [0, 0.05) is 32.2 Å². The number of rotatable bonds is 4. The number of carbonyl (C=O) groups excluding carboxylic acids is 1. The van der Waals surface area contributed by atoms with Gasteiger partial charge >= 0.3 is 0 Å². The minimum absolute atomic E-state index is 0.128. The van der Waals surface area contributed by atoms with Crippen LogP contribution >= 0.6 is 23.2 Å². The minimum atomic E-state index is -3.20. The highest BCUT2D eigenvalue weighted by Gasteiger charge is 2.26. The molecule has 1 aromatic carbocycles. The molecule has 0 atom stereocenters. The number of piperazine rings is 1. The Morgan fingerprint density at radius 3 is 2.36 bits per heavy atom. The Kier molecular flexibility index (Phi) is 5.55. The van der Waals surface area contributed by atoms with Crippen LogP contribution in [-0.4, -0.2) is 62.6 Å². The van der Waals surface area contributed by atoms with Gasteiger partial charge in [-0.1, -0.05) is 23.2 Å². The number of benzene rings is 1. The maximum absolute atomic E-state index is 12.1. The van der Waals surface area contributed by atoms with E-state index in [4.69, 9.17) is 27.9 Å². The van der Waals surface area contributed by atoms with Crippen LogP contribution in [0.15, 0.2) is 18.2 Å². The summed E-state index contributed by atoms with van der Waals surface area (Å²) in [4.78, 5) is 13.6. The van der Waals surface area contributed by atoms with Gasteiger partial charge in [-0.2, -0.15) is 4.31 Å². The zero-order valence-corrected chi connectivity index (χ0v) is 14.3. The Bertz CT molecular complexity index is 658. The van der Waals surface area contributed by atoms with Crippen LogP contribution in [0.2, 0.25) is 10.0 Å². The van der Waals surface area contributed by atoms with Crippen molar-refractivity contribution < 1.29 is 17.9 Å². The monoisotopic (exact) mass is 366 g/mol. The number of hydrogen-bond acceptors (Lipinski definition) is 4. The van der Waals surface area contributed by atoms with Gasteiger partial charge in [0.15, 0.2) is 6.61 Å². The normalized spacial score (nSPS) is 16.6. The zero-order chi connectivity index (χ0) is 16.3. The fourth-order valence-corrected chi connectivity index (χ4v) is 3.19. The number of amides is 1. The third-order valence-corrected chi connectivity index (χ3v) is 5.36. The third kappa shape index (κ3) is 4.49. The first-order valence-electron chi connectivity index (χ1n) is 6.58. The van der Waals surface area contributed by atoms with Crippen molar-refractivity contribution in [2.75, 3.05) is 39.0 Å². The molecule has 1 amide bonds. The van der Waals surface area contributed by atoms with Crippen LogP contribution in [-0.2, 0) is 14.8 Å². The average Bonchev–Trinajstić information content (AvgIpc) is 2.47. The highest BCUT2D eigenvalue weighted by molar-refractivity contribution is 7.88. The van der Waals surface area contributed by atoms with E-state index in [1.807, 2.05) is 0 Å². The van der Waals surface area contributed by atoms with Crippen LogP contribution in [0.4, 0.5) is 0 Å². The maximum atomic E-state index is 12.1. The van der Waals surface area contributed by atoms with Crippen molar-refractivity contribution in [2.45, 2.75) is 0 Å². The lowest BCUT2D eigenvalue weighted by atomic mass is 10.3. The largest absolute Gasteiger partial charge is 0.484 e. The third-order valence-electron chi connectivity index (χ3n) is 3.31. The van der Waals surface area contributed by atoms with Crippen LogP contribution < -0.4 is 4.74 Å². The molecule has 1 heterocycles. The molecule has 22 heavy (non-hydrogen) atoms. The second-order valence-electron chi connectivity index (χ2n) is 4.91. The van der Waals surface area contributed by atoms with Crippen LogP contribution in [0.1, 0.15) is 0 Å². The topological polar surface area (TPSA) is 66.9 Å². The molecule has 1 aromatic rings. The average molecular weight is 367 g/mol. The van der Waals surface area contributed by atoms with E-state index < -0.39 is 10.0 Å². The first kappa shape index (κ1) is 17.3. The van der Waals surface area contributed by atoms with Crippen molar-refractivity contribution in [1.29, 1.82) is 0 Å².